The van der Waals surface area contributed by atoms with E-state index in [9.17, 15) is 0 Å². The summed E-state index contributed by atoms with van der Waals surface area (Å²) >= 11 is 0. The van der Waals surface area contributed by atoms with Crippen LogP contribution in [0.2, 0.25) is 0 Å². The van der Waals surface area contributed by atoms with E-state index < -0.39 is 0 Å². The maximum Gasteiger partial charge on any atom is 0.117 e. The Morgan fingerprint density at radius 3 is 2.72 bits per heavy atom. The van der Waals surface area contributed by atoms with E-state index in [0.717, 1.165) is 23.5 Å². The fourth-order valence-corrected chi connectivity index (χ4v) is 2.01. The highest BCUT2D eigenvalue weighted by molar-refractivity contribution is 5.60. The summed E-state index contributed by atoms with van der Waals surface area (Å²) in [5.41, 5.74) is 3.02. The second kappa shape index (κ2) is 6.31. The Kier molecular flexibility index (Phi) is 4.47. The predicted molar refractivity (Wildman–Crippen MR) is 73.0 cm³/mol. The van der Waals surface area contributed by atoms with Crippen LogP contribution in [0.15, 0.2) is 30.3 Å². The van der Waals surface area contributed by atoms with Crippen LogP contribution in [0.3, 0.4) is 0 Å². The van der Waals surface area contributed by atoms with Crippen molar-refractivity contribution in [2.45, 2.75) is 39.3 Å². The molecule has 2 aromatic rings. The van der Waals surface area contributed by atoms with Gasteiger partial charge in [0.25, 0.3) is 0 Å². The van der Waals surface area contributed by atoms with Crippen molar-refractivity contribution in [3.05, 3.63) is 36.0 Å². The quantitative estimate of drug-likeness (QED) is 0.821. The zero-order chi connectivity index (χ0) is 12.8. The molecule has 0 fully saturated rings. The molecule has 96 valence electrons. The molecule has 1 atom stereocenters. The highest BCUT2D eigenvalue weighted by Gasteiger charge is 2.10. The number of nitrogens with zero attached hydrogens (tertiary/aromatic N) is 2. The summed E-state index contributed by atoms with van der Waals surface area (Å²) in [6, 6.07) is 10.6. The Morgan fingerprint density at radius 1 is 1.22 bits per heavy atom. The first kappa shape index (κ1) is 12.8. The standard InChI is InChI=1S/C14H20N4/c1-3-7-11(2)15-10-13-14(17-18-16-13)12-8-5-4-6-9-12/h4-6,8-9,11,15H,3,7,10H2,1-2H3,(H,16,17,18). The monoisotopic (exact) mass is 244 g/mol. The third kappa shape index (κ3) is 3.17. The summed E-state index contributed by atoms with van der Waals surface area (Å²) in [4.78, 5) is 0. The first-order chi connectivity index (χ1) is 8.81. The van der Waals surface area contributed by atoms with Crippen molar-refractivity contribution in [2.24, 2.45) is 0 Å². The molecule has 1 unspecified atom stereocenters. The van der Waals surface area contributed by atoms with Gasteiger partial charge < -0.3 is 5.32 Å². The van der Waals surface area contributed by atoms with Crippen LogP contribution >= 0.6 is 0 Å². The lowest BCUT2D eigenvalue weighted by atomic mass is 10.1. The number of aromatic amines is 1. The van der Waals surface area contributed by atoms with Gasteiger partial charge in [-0.05, 0) is 13.3 Å². The van der Waals surface area contributed by atoms with Crippen LogP contribution < -0.4 is 5.32 Å². The van der Waals surface area contributed by atoms with Crippen molar-refractivity contribution in [1.29, 1.82) is 0 Å². The Labute approximate surface area is 108 Å². The molecule has 0 radical (unpaired) electrons. The predicted octanol–water partition coefficient (Wildman–Crippen LogP) is 2.75. The van der Waals surface area contributed by atoms with Gasteiger partial charge in [0.1, 0.15) is 11.4 Å². The van der Waals surface area contributed by atoms with Crippen LogP contribution in [0.5, 0.6) is 0 Å². The number of nitrogens with one attached hydrogen (secondary N) is 2. The number of benzene rings is 1. The molecule has 1 aromatic carbocycles. The van der Waals surface area contributed by atoms with Gasteiger partial charge in [-0.25, -0.2) is 0 Å². The molecule has 18 heavy (non-hydrogen) atoms. The number of hydrogen-bond acceptors (Lipinski definition) is 3. The van der Waals surface area contributed by atoms with Gasteiger partial charge >= 0.3 is 0 Å². The van der Waals surface area contributed by atoms with E-state index >= 15 is 0 Å². The molecule has 0 aliphatic heterocycles. The second-order valence-corrected chi connectivity index (χ2v) is 4.56. The van der Waals surface area contributed by atoms with Gasteiger partial charge in [0.15, 0.2) is 0 Å². The van der Waals surface area contributed by atoms with Gasteiger partial charge in [-0.3, -0.25) is 0 Å². The van der Waals surface area contributed by atoms with E-state index in [0.29, 0.717) is 6.04 Å². The summed E-state index contributed by atoms with van der Waals surface area (Å²) in [6.07, 6.45) is 2.37. The highest BCUT2D eigenvalue weighted by Crippen LogP contribution is 2.18. The molecule has 4 nitrogen and oxygen atoms in total. The molecule has 2 N–H and O–H groups in total. The lowest BCUT2D eigenvalue weighted by Crippen LogP contribution is -2.25. The number of hydrogen-bond donors (Lipinski definition) is 2. The highest BCUT2D eigenvalue weighted by atomic mass is 15.3. The van der Waals surface area contributed by atoms with Crippen molar-refractivity contribution in [3.8, 4) is 11.3 Å². The minimum absolute atomic E-state index is 0.510. The number of H-pyrrole nitrogens is 1. The fourth-order valence-electron chi connectivity index (χ4n) is 2.01. The van der Waals surface area contributed by atoms with Crippen LogP contribution in [0, 0.1) is 0 Å². The Hall–Kier alpha value is -1.68. The van der Waals surface area contributed by atoms with Crippen LogP contribution in [0.4, 0.5) is 0 Å². The molecule has 0 saturated heterocycles. The van der Waals surface area contributed by atoms with Crippen LogP contribution in [-0.4, -0.2) is 21.5 Å². The van der Waals surface area contributed by atoms with Crippen molar-refractivity contribution >= 4 is 0 Å². The van der Waals surface area contributed by atoms with Gasteiger partial charge in [0, 0.05) is 18.2 Å². The maximum atomic E-state index is 4.23. The van der Waals surface area contributed by atoms with Crippen molar-refractivity contribution in [2.75, 3.05) is 0 Å². The average molecular weight is 244 g/mol. The number of rotatable bonds is 6. The van der Waals surface area contributed by atoms with Gasteiger partial charge in [-0.15, -0.1) is 0 Å². The zero-order valence-corrected chi connectivity index (χ0v) is 11.0. The van der Waals surface area contributed by atoms with Crippen LogP contribution in [0.1, 0.15) is 32.4 Å². The summed E-state index contributed by atoms with van der Waals surface area (Å²) < 4.78 is 0. The molecule has 2 rings (SSSR count). The van der Waals surface area contributed by atoms with Gasteiger partial charge in [-0.1, -0.05) is 43.7 Å². The first-order valence-electron chi connectivity index (χ1n) is 6.49. The van der Waals surface area contributed by atoms with Crippen LogP contribution in [-0.2, 0) is 6.54 Å². The van der Waals surface area contributed by atoms with E-state index in [1.54, 1.807) is 0 Å². The molecule has 0 amide bonds. The Morgan fingerprint density at radius 2 is 2.00 bits per heavy atom. The van der Waals surface area contributed by atoms with Crippen molar-refractivity contribution < 1.29 is 0 Å². The van der Waals surface area contributed by atoms with E-state index in [2.05, 4.69) is 46.7 Å². The topological polar surface area (TPSA) is 53.6 Å². The van der Waals surface area contributed by atoms with Crippen molar-refractivity contribution in [3.63, 3.8) is 0 Å². The Balaban J connectivity index is 2.05. The lowest BCUT2D eigenvalue weighted by molar-refractivity contribution is 0.504. The van der Waals surface area contributed by atoms with E-state index in [-0.39, 0.29) is 0 Å². The number of aromatic nitrogens is 3. The summed E-state index contributed by atoms with van der Waals surface area (Å²) in [5.74, 6) is 0. The fraction of sp³-hybridized carbons (Fsp3) is 0.429. The molecular weight excluding hydrogens is 224 g/mol. The Bertz CT molecular complexity index is 464. The summed E-state index contributed by atoms with van der Waals surface area (Å²) in [6.45, 7) is 5.15. The minimum Gasteiger partial charge on any atom is -0.309 e. The lowest BCUT2D eigenvalue weighted by Gasteiger charge is -2.11. The molecule has 1 aromatic heterocycles. The molecule has 0 aliphatic carbocycles. The molecular formula is C14H20N4. The van der Waals surface area contributed by atoms with Crippen LogP contribution in [0.25, 0.3) is 11.3 Å². The largest absolute Gasteiger partial charge is 0.309 e. The second-order valence-electron chi connectivity index (χ2n) is 4.56. The molecule has 0 spiro atoms. The molecule has 4 heteroatoms. The molecule has 0 bridgehead atoms. The van der Waals surface area contributed by atoms with Gasteiger partial charge in [-0.2, -0.15) is 15.4 Å². The summed E-state index contributed by atoms with van der Waals surface area (Å²) in [7, 11) is 0. The van der Waals surface area contributed by atoms with E-state index in [1.165, 1.54) is 12.8 Å². The maximum absolute atomic E-state index is 4.23. The van der Waals surface area contributed by atoms with E-state index in [4.69, 9.17) is 0 Å². The van der Waals surface area contributed by atoms with E-state index in [1.807, 2.05) is 18.2 Å². The third-order valence-electron chi connectivity index (χ3n) is 3.01. The van der Waals surface area contributed by atoms with Gasteiger partial charge in [0.05, 0.1) is 0 Å². The summed E-state index contributed by atoms with van der Waals surface area (Å²) in [5, 5.41) is 14.6. The SMILES string of the molecule is CCCC(C)NCc1n[nH]nc1-c1ccccc1. The van der Waals surface area contributed by atoms with Crippen molar-refractivity contribution in [1.82, 2.24) is 20.7 Å². The third-order valence-corrected chi connectivity index (χ3v) is 3.01. The normalized spacial score (nSPS) is 12.6. The molecule has 1 heterocycles. The molecule has 0 aliphatic rings. The molecule has 0 saturated carbocycles. The first-order valence-corrected chi connectivity index (χ1v) is 6.49. The average Bonchev–Trinajstić information content (AvgIpc) is 2.86. The zero-order valence-electron chi connectivity index (χ0n) is 11.0. The van der Waals surface area contributed by atoms with Gasteiger partial charge in [0.2, 0.25) is 0 Å². The minimum atomic E-state index is 0.510. The smallest absolute Gasteiger partial charge is 0.117 e.